The maximum atomic E-state index is 13.3. The van der Waals surface area contributed by atoms with Gasteiger partial charge in [0.1, 0.15) is 28.4 Å². The van der Waals surface area contributed by atoms with Crippen molar-refractivity contribution in [2.24, 2.45) is 5.92 Å². The SMILES string of the molecule is COc1ccc2c(c1)C(=O)C(=O)N2CC(=O)OC(Cc1c(Cl)c[n+]([O-])cc1Cl)c1ccc(OC(F)F)c(OCC2CC2)c1. The Morgan fingerprint density at radius 1 is 1.09 bits per heavy atom. The summed E-state index contributed by atoms with van der Waals surface area (Å²) in [5.74, 6) is -2.17. The van der Waals surface area contributed by atoms with Gasteiger partial charge in [0, 0.05) is 12.0 Å². The lowest BCUT2D eigenvalue weighted by atomic mass is 10.0. The summed E-state index contributed by atoms with van der Waals surface area (Å²) in [5, 5.41) is 11.8. The van der Waals surface area contributed by atoms with Gasteiger partial charge >= 0.3 is 12.6 Å². The van der Waals surface area contributed by atoms with E-state index < -0.39 is 36.9 Å². The van der Waals surface area contributed by atoms with Crippen molar-refractivity contribution in [1.82, 2.24) is 0 Å². The molecule has 5 rings (SSSR count). The molecule has 226 valence electrons. The summed E-state index contributed by atoms with van der Waals surface area (Å²) in [6.07, 6.45) is 2.77. The highest BCUT2D eigenvalue weighted by Crippen LogP contribution is 2.38. The number of amides is 1. The first-order chi connectivity index (χ1) is 20.5. The lowest BCUT2D eigenvalue weighted by Crippen LogP contribution is -2.36. The molecule has 2 aromatic carbocycles. The lowest BCUT2D eigenvalue weighted by Gasteiger charge is -2.23. The fourth-order valence-electron chi connectivity index (χ4n) is 4.55. The fraction of sp³-hybridized carbons (Fsp3) is 0.310. The van der Waals surface area contributed by atoms with Crippen molar-refractivity contribution in [3.63, 3.8) is 0 Å². The largest absolute Gasteiger partial charge is 0.619 e. The van der Waals surface area contributed by atoms with Crippen LogP contribution < -0.4 is 23.8 Å². The van der Waals surface area contributed by atoms with Crippen LogP contribution in [0.15, 0.2) is 48.8 Å². The van der Waals surface area contributed by atoms with E-state index >= 15 is 0 Å². The van der Waals surface area contributed by atoms with Crippen molar-refractivity contribution in [3.05, 3.63) is 80.7 Å². The normalized spacial score (nSPS) is 15.0. The molecule has 0 N–H and O–H groups in total. The molecule has 1 aromatic heterocycles. The molecule has 10 nitrogen and oxygen atoms in total. The molecule has 14 heteroatoms. The number of nitrogens with zero attached hydrogens (tertiary/aromatic N) is 2. The number of Topliss-reactive ketones (excluding diaryl/α,β-unsaturated/α-hetero) is 1. The van der Waals surface area contributed by atoms with Gasteiger partial charge in [-0.3, -0.25) is 19.3 Å². The van der Waals surface area contributed by atoms with E-state index in [2.05, 4.69) is 4.74 Å². The number of alkyl halides is 2. The molecule has 0 saturated heterocycles. The number of pyridine rings is 1. The van der Waals surface area contributed by atoms with Crippen LogP contribution in [0, 0.1) is 11.1 Å². The smallest absolute Gasteiger partial charge is 0.387 e. The maximum absolute atomic E-state index is 13.3. The van der Waals surface area contributed by atoms with Crippen molar-refractivity contribution >= 4 is 46.5 Å². The number of carbonyl (C=O) groups is 3. The number of carbonyl (C=O) groups excluding carboxylic acids is 3. The molecule has 1 fully saturated rings. The van der Waals surface area contributed by atoms with E-state index in [4.69, 9.17) is 37.4 Å². The Morgan fingerprint density at radius 2 is 1.81 bits per heavy atom. The van der Waals surface area contributed by atoms with Crippen LogP contribution in [0.5, 0.6) is 17.2 Å². The second kappa shape index (κ2) is 12.6. The van der Waals surface area contributed by atoms with Crippen molar-refractivity contribution < 1.29 is 46.8 Å². The number of rotatable bonds is 12. The number of halogens is 4. The van der Waals surface area contributed by atoms with E-state index in [0.29, 0.717) is 22.0 Å². The summed E-state index contributed by atoms with van der Waals surface area (Å²) < 4.78 is 47.9. The van der Waals surface area contributed by atoms with Gasteiger partial charge in [0.15, 0.2) is 23.9 Å². The summed E-state index contributed by atoms with van der Waals surface area (Å²) in [5.41, 5.74) is 0.865. The average Bonchev–Trinajstić information content (AvgIpc) is 3.76. The summed E-state index contributed by atoms with van der Waals surface area (Å²) in [6.45, 7) is -3.44. The Hall–Kier alpha value is -4.16. The molecule has 0 radical (unpaired) electrons. The number of methoxy groups -OCH3 is 1. The first-order valence-corrected chi connectivity index (χ1v) is 13.8. The zero-order valence-corrected chi connectivity index (χ0v) is 24.1. The lowest BCUT2D eigenvalue weighted by molar-refractivity contribution is -0.605. The highest BCUT2D eigenvalue weighted by Gasteiger charge is 2.38. The number of esters is 1. The van der Waals surface area contributed by atoms with E-state index in [9.17, 15) is 28.4 Å². The molecule has 1 amide bonds. The van der Waals surface area contributed by atoms with Gasteiger partial charge in [-0.1, -0.05) is 29.3 Å². The third-order valence-electron chi connectivity index (χ3n) is 6.91. The first-order valence-electron chi connectivity index (χ1n) is 13.1. The van der Waals surface area contributed by atoms with E-state index in [1.807, 2.05) is 0 Å². The Labute approximate surface area is 254 Å². The molecule has 0 spiro atoms. The molecule has 1 aliphatic carbocycles. The van der Waals surface area contributed by atoms with Gasteiger partial charge in [0.2, 0.25) is 0 Å². The summed E-state index contributed by atoms with van der Waals surface area (Å²) in [4.78, 5) is 39.6. The molecular formula is C29H24Cl2F2N2O8. The van der Waals surface area contributed by atoms with Crippen LogP contribution in [0.25, 0.3) is 0 Å². The number of ketones is 1. The van der Waals surface area contributed by atoms with Crippen LogP contribution in [0.1, 0.15) is 40.4 Å². The predicted octanol–water partition coefficient (Wildman–Crippen LogP) is 5.08. The average molecular weight is 637 g/mol. The third-order valence-corrected chi connectivity index (χ3v) is 7.57. The van der Waals surface area contributed by atoms with Gasteiger partial charge in [-0.15, -0.1) is 0 Å². The number of ether oxygens (including phenoxy) is 4. The van der Waals surface area contributed by atoms with Gasteiger partial charge < -0.3 is 24.2 Å². The molecule has 1 atom stereocenters. The van der Waals surface area contributed by atoms with Gasteiger partial charge in [-0.05, 0) is 54.7 Å². The van der Waals surface area contributed by atoms with Gasteiger partial charge in [-0.2, -0.15) is 13.5 Å². The summed E-state index contributed by atoms with van der Waals surface area (Å²) in [7, 11) is 1.41. The Balaban J connectivity index is 1.45. The van der Waals surface area contributed by atoms with E-state index in [-0.39, 0.29) is 51.4 Å². The topological polar surface area (TPSA) is 118 Å². The third kappa shape index (κ3) is 6.91. The minimum atomic E-state index is -3.10. The molecule has 0 bridgehead atoms. The predicted molar refractivity (Wildman–Crippen MR) is 149 cm³/mol. The second-order valence-corrected chi connectivity index (χ2v) is 10.7. The monoisotopic (exact) mass is 636 g/mol. The highest BCUT2D eigenvalue weighted by atomic mass is 35.5. The Kier molecular flexibility index (Phi) is 8.88. The van der Waals surface area contributed by atoms with E-state index in [1.54, 1.807) is 6.07 Å². The first kappa shape index (κ1) is 30.3. The Bertz CT molecular complexity index is 1560. The van der Waals surface area contributed by atoms with Crippen LogP contribution in [0.4, 0.5) is 14.5 Å². The van der Waals surface area contributed by atoms with Crippen molar-refractivity contribution in [1.29, 1.82) is 0 Å². The summed E-state index contributed by atoms with van der Waals surface area (Å²) in [6, 6.07) is 8.50. The van der Waals surface area contributed by atoms with Gasteiger partial charge in [0.05, 0.1) is 25.0 Å². The van der Waals surface area contributed by atoms with Crippen molar-refractivity contribution in [2.75, 3.05) is 25.2 Å². The number of hydrogen-bond donors (Lipinski definition) is 0. The molecular weight excluding hydrogens is 613 g/mol. The number of hydrogen-bond acceptors (Lipinski definition) is 8. The molecule has 1 saturated carbocycles. The van der Waals surface area contributed by atoms with Gasteiger partial charge in [-0.25, -0.2) is 0 Å². The molecule has 1 unspecified atom stereocenters. The van der Waals surface area contributed by atoms with Crippen LogP contribution in [-0.2, 0) is 20.7 Å². The molecule has 2 heterocycles. The quantitative estimate of drug-likeness (QED) is 0.117. The minimum absolute atomic E-state index is 0.00500. The number of anilines is 1. The number of aromatic nitrogens is 1. The van der Waals surface area contributed by atoms with Crippen LogP contribution in [0.3, 0.4) is 0 Å². The second-order valence-electron chi connectivity index (χ2n) is 9.92. The number of fused-ring (bicyclic) bond motifs is 1. The van der Waals surface area contributed by atoms with Crippen molar-refractivity contribution in [3.8, 4) is 17.2 Å². The van der Waals surface area contributed by atoms with Crippen LogP contribution in [-0.4, -0.2) is 44.5 Å². The molecule has 2 aliphatic rings. The molecule has 43 heavy (non-hydrogen) atoms. The van der Waals surface area contributed by atoms with Crippen LogP contribution >= 0.6 is 23.2 Å². The Morgan fingerprint density at radius 3 is 2.47 bits per heavy atom. The minimum Gasteiger partial charge on any atom is -0.619 e. The van der Waals surface area contributed by atoms with Crippen LogP contribution in [0.2, 0.25) is 10.0 Å². The fourth-order valence-corrected chi connectivity index (χ4v) is 5.15. The van der Waals surface area contributed by atoms with E-state index in [0.717, 1.165) is 30.1 Å². The zero-order valence-electron chi connectivity index (χ0n) is 22.6. The summed E-state index contributed by atoms with van der Waals surface area (Å²) >= 11 is 12.6. The van der Waals surface area contributed by atoms with Gasteiger partial charge in [0.25, 0.3) is 11.7 Å². The highest BCUT2D eigenvalue weighted by molar-refractivity contribution is 6.52. The van der Waals surface area contributed by atoms with E-state index in [1.165, 1.54) is 37.4 Å². The molecule has 3 aromatic rings. The molecule has 1 aliphatic heterocycles. The maximum Gasteiger partial charge on any atom is 0.387 e. The zero-order chi connectivity index (χ0) is 30.8. The number of benzene rings is 2. The standard InChI is InChI=1S/C29H24Cl2F2N2O8/c1-40-17-5-6-22-19(9-17)27(37)28(38)35(22)13-26(36)42-24(10-18-20(30)11-34(39)12-21(18)31)16-4-7-23(43-29(32)33)25(8-16)41-14-15-2-3-15/h4-9,11-12,15,24,29H,2-3,10,13-14H2,1H3. The van der Waals surface area contributed by atoms with Crippen molar-refractivity contribution in [2.45, 2.75) is 32.0 Å².